The minimum absolute atomic E-state index is 0.236. The van der Waals surface area contributed by atoms with Gasteiger partial charge in [-0.05, 0) is 30.5 Å². The van der Waals surface area contributed by atoms with Crippen LogP contribution in [-0.4, -0.2) is 0 Å². The summed E-state index contributed by atoms with van der Waals surface area (Å²) in [7, 11) is 0. The zero-order valence-corrected chi connectivity index (χ0v) is 8.73. The largest absolute Gasteiger partial charge is 0.416 e. The number of alkyl halides is 3. The summed E-state index contributed by atoms with van der Waals surface area (Å²) in [4.78, 5) is 0. The molecule has 1 aromatic rings. The zero-order chi connectivity index (χ0) is 11.6. The highest BCUT2D eigenvalue weighted by Gasteiger charge is 2.33. The fourth-order valence-electron chi connectivity index (χ4n) is 1.58. The fraction of sp³-hybridized carbons (Fsp3) is 0.455. The topological polar surface area (TPSA) is 26.0 Å². The van der Waals surface area contributed by atoms with Gasteiger partial charge in [-0.15, -0.1) is 0 Å². The molecule has 0 saturated carbocycles. The van der Waals surface area contributed by atoms with Crippen molar-refractivity contribution in [1.82, 2.24) is 0 Å². The van der Waals surface area contributed by atoms with E-state index in [0.29, 0.717) is 12.0 Å². The lowest BCUT2D eigenvalue weighted by molar-refractivity contribution is -0.138. The van der Waals surface area contributed by atoms with E-state index in [1.807, 2.05) is 6.92 Å². The van der Waals surface area contributed by atoms with Crippen molar-refractivity contribution < 1.29 is 13.2 Å². The quantitative estimate of drug-likeness (QED) is 0.807. The summed E-state index contributed by atoms with van der Waals surface area (Å²) in [6.07, 6.45) is -3.67. The predicted octanol–water partition coefficient (Wildman–Crippen LogP) is 3.42. The molecular formula is C11H14F3N. The number of hydrogen-bond acceptors (Lipinski definition) is 1. The molecule has 0 fully saturated rings. The Hall–Kier alpha value is -1.03. The molecule has 1 nitrogen and oxygen atoms in total. The van der Waals surface area contributed by atoms with Gasteiger partial charge in [-0.3, -0.25) is 0 Å². The van der Waals surface area contributed by atoms with Crippen molar-refractivity contribution in [3.63, 3.8) is 0 Å². The van der Waals surface area contributed by atoms with Crippen molar-refractivity contribution in [2.75, 3.05) is 0 Å². The molecule has 0 radical (unpaired) electrons. The minimum atomic E-state index is -4.30. The van der Waals surface area contributed by atoms with Gasteiger partial charge in [-0.25, -0.2) is 0 Å². The van der Waals surface area contributed by atoms with Crippen LogP contribution < -0.4 is 5.73 Å². The van der Waals surface area contributed by atoms with Gasteiger partial charge in [0.2, 0.25) is 0 Å². The Labute approximate surface area is 87.1 Å². The van der Waals surface area contributed by atoms with Crippen LogP contribution in [0.1, 0.15) is 36.1 Å². The Morgan fingerprint density at radius 3 is 2.40 bits per heavy atom. The molecule has 15 heavy (non-hydrogen) atoms. The molecule has 0 bridgehead atoms. The summed E-state index contributed by atoms with van der Waals surface area (Å²) < 4.78 is 37.7. The highest BCUT2D eigenvalue weighted by molar-refractivity contribution is 5.37. The van der Waals surface area contributed by atoms with E-state index in [4.69, 9.17) is 5.73 Å². The average molecular weight is 217 g/mol. The molecule has 0 aliphatic rings. The second-order valence-electron chi connectivity index (χ2n) is 3.53. The fourth-order valence-corrected chi connectivity index (χ4v) is 1.58. The molecule has 0 spiro atoms. The van der Waals surface area contributed by atoms with Gasteiger partial charge in [-0.2, -0.15) is 13.2 Å². The van der Waals surface area contributed by atoms with Gasteiger partial charge in [0.15, 0.2) is 0 Å². The first-order valence-electron chi connectivity index (χ1n) is 4.80. The monoisotopic (exact) mass is 217 g/mol. The molecule has 1 atom stereocenters. The Kier molecular flexibility index (Phi) is 3.39. The van der Waals surface area contributed by atoms with Crippen molar-refractivity contribution >= 4 is 0 Å². The maximum atomic E-state index is 12.6. The van der Waals surface area contributed by atoms with Gasteiger partial charge in [0.1, 0.15) is 0 Å². The van der Waals surface area contributed by atoms with Gasteiger partial charge in [-0.1, -0.05) is 19.1 Å². The first-order chi connectivity index (χ1) is 6.88. The molecule has 0 aliphatic carbocycles. The Morgan fingerprint density at radius 1 is 1.33 bits per heavy atom. The minimum Gasteiger partial charge on any atom is -0.324 e. The van der Waals surface area contributed by atoms with Crippen LogP contribution in [0.4, 0.5) is 13.2 Å². The molecule has 84 valence electrons. The molecule has 0 aliphatic heterocycles. The normalized spacial score (nSPS) is 14.0. The molecule has 0 heterocycles. The van der Waals surface area contributed by atoms with E-state index in [9.17, 15) is 13.2 Å². The van der Waals surface area contributed by atoms with Crippen LogP contribution in [0.2, 0.25) is 0 Å². The highest BCUT2D eigenvalue weighted by Crippen LogP contribution is 2.34. The van der Waals surface area contributed by atoms with Crippen molar-refractivity contribution in [1.29, 1.82) is 0 Å². The van der Waals surface area contributed by atoms with Crippen LogP contribution in [-0.2, 0) is 6.18 Å². The molecule has 0 unspecified atom stereocenters. The van der Waals surface area contributed by atoms with E-state index in [0.717, 1.165) is 6.07 Å². The smallest absolute Gasteiger partial charge is 0.324 e. The van der Waals surface area contributed by atoms with Crippen LogP contribution in [0.3, 0.4) is 0 Å². The van der Waals surface area contributed by atoms with Crippen molar-refractivity contribution in [2.24, 2.45) is 5.73 Å². The van der Waals surface area contributed by atoms with Gasteiger partial charge in [0, 0.05) is 6.04 Å². The molecule has 0 amide bonds. The number of benzene rings is 1. The van der Waals surface area contributed by atoms with E-state index >= 15 is 0 Å². The summed E-state index contributed by atoms with van der Waals surface area (Å²) in [6, 6.07) is 3.81. The molecule has 1 aromatic carbocycles. The molecular weight excluding hydrogens is 203 g/mol. The van der Waals surface area contributed by atoms with Crippen LogP contribution in [0.15, 0.2) is 18.2 Å². The first-order valence-corrected chi connectivity index (χ1v) is 4.80. The summed E-state index contributed by atoms with van der Waals surface area (Å²) in [6.45, 7) is 3.32. The van der Waals surface area contributed by atoms with Crippen molar-refractivity contribution in [3.05, 3.63) is 34.9 Å². The molecule has 4 heteroatoms. The molecule has 0 saturated heterocycles. The third kappa shape index (κ3) is 2.50. The van der Waals surface area contributed by atoms with Gasteiger partial charge < -0.3 is 5.73 Å². The maximum Gasteiger partial charge on any atom is 0.416 e. The first kappa shape index (κ1) is 12.0. The predicted molar refractivity (Wildman–Crippen MR) is 53.4 cm³/mol. The van der Waals surface area contributed by atoms with Crippen LogP contribution in [0.25, 0.3) is 0 Å². The SMILES string of the molecule is CC[C@@H](N)c1cccc(C(F)(F)F)c1C. The summed E-state index contributed by atoms with van der Waals surface area (Å²) in [5.41, 5.74) is 5.96. The third-order valence-corrected chi connectivity index (χ3v) is 2.52. The lowest BCUT2D eigenvalue weighted by atomic mass is 9.96. The number of nitrogens with two attached hydrogens (primary N) is 1. The van der Waals surface area contributed by atoms with Crippen molar-refractivity contribution in [2.45, 2.75) is 32.5 Å². The van der Waals surface area contributed by atoms with E-state index < -0.39 is 11.7 Å². The standard InChI is InChI=1S/C11H14F3N/c1-3-10(15)8-5-4-6-9(7(8)2)11(12,13)14/h4-6,10H,3,15H2,1-2H3/t10-/m1/s1. The number of halogens is 3. The highest BCUT2D eigenvalue weighted by atomic mass is 19.4. The second kappa shape index (κ2) is 4.23. The molecule has 1 rings (SSSR count). The lowest BCUT2D eigenvalue weighted by Gasteiger charge is -2.17. The van der Waals surface area contributed by atoms with E-state index in [2.05, 4.69) is 0 Å². The Bertz CT molecular complexity index is 344. The summed E-state index contributed by atoms with van der Waals surface area (Å²) in [5.74, 6) is 0. The Balaban J connectivity index is 3.23. The van der Waals surface area contributed by atoms with Gasteiger partial charge >= 0.3 is 6.18 Å². The van der Waals surface area contributed by atoms with Crippen LogP contribution in [0, 0.1) is 6.92 Å². The summed E-state index contributed by atoms with van der Waals surface area (Å²) in [5, 5.41) is 0. The van der Waals surface area contributed by atoms with Crippen molar-refractivity contribution in [3.8, 4) is 0 Å². The molecule has 2 N–H and O–H groups in total. The third-order valence-electron chi connectivity index (χ3n) is 2.52. The maximum absolute atomic E-state index is 12.6. The second-order valence-corrected chi connectivity index (χ2v) is 3.53. The van der Waals surface area contributed by atoms with Gasteiger partial charge in [0.25, 0.3) is 0 Å². The number of rotatable bonds is 2. The molecule has 0 aromatic heterocycles. The van der Waals surface area contributed by atoms with Crippen LogP contribution >= 0.6 is 0 Å². The van der Waals surface area contributed by atoms with Crippen LogP contribution in [0.5, 0.6) is 0 Å². The van der Waals surface area contributed by atoms with E-state index in [-0.39, 0.29) is 11.6 Å². The Morgan fingerprint density at radius 2 is 1.93 bits per heavy atom. The van der Waals surface area contributed by atoms with E-state index in [1.165, 1.54) is 13.0 Å². The van der Waals surface area contributed by atoms with Gasteiger partial charge in [0.05, 0.1) is 5.56 Å². The zero-order valence-electron chi connectivity index (χ0n) is 8.73. The summed E-state index contributed by atoms with van der Waals surface area (Å²) >= 11 is 0. The van der Waals surface area contributed by atoms with E-state index in [1.54, 1.807) is 6.07 Å². The number of hydrogen-bond donors (Lipinski definition) is 1. The average Bonchev–Trinajstić information content (AvgIpc) is 2.15. The lowest BCUT2D eigenvalue weighted by Crippen LogP contribution is -2.14.